The van der Waals surface area contributed by atoms with Crippen LogP contribution in [0.15, 0.2) is 97.1 Å². The van der Waals surface area contributed by atoms with Gasteiger partial charge in [0.1, 0.15) is 12.4 Å². The SMILES string of the molecule is N=C(N)c1ccc(NC(=O)c2ccccc2-c2ccc(C(=O)NCC3CCOCC3)cc2C(=O)OCc2ccccc2)cc1. The molecule has 0 spiro atoms. The van der Waals surface area contributed by atoms with E-state index in [4.69, 9.17) is 20.6 Å². The van der Waals surface area contributed by atoms with Crippen molar-refractivity contribution in [1.29, 1.82) is 5.41 Å². The molecular formula is C35H34N4O5. The lowest BCUT2D eigenvalue weighted by atomic mass is 9.93. The zero-order valence-corrected chi connectivity index (χ0v) is 24.2. The Balaban J connectivity index is 1.43. The summed E-state index contributed by atoms with van der Waals surface area (Å²) in [6.07, 6.45) is 1.77. The summed E-state index contributed by atoms with van der Waals surface area (Å²) in [5.74, 6) is -1.02. The van der Waals surface area contributed by atoms with E-state index >= 15 is 0 Å². The van der Waals surface area contributed by atoms with Crippen molar-refractivity contribution in [2.24, 2.45) is 11.7 Å². The number of nitrogen functional groups attached to an aromatic ring is 1. The molecule has 0 aliphatic carbocycles. The van der Waals surface area contributed by atoms with Gasteiger partial charge in [-0.15, -0.1) is 0 Å². The zero-order valence-electron chi connectivity index (χ0n) is 24.2. The van der Waals surface area contributed by atoms with Crippen LogP contribution < -0.4 is 16.4 Å². The van der Waals surface area contributed by atoms with E-state index in [1.165, 1.54) is 6.07 Å². The summed E-state index contributed by atoms with van der Waals surface area (Å²) in [5.41, 5.74) is 9.22. The van der Waals surface area contributed by atoms with Crippen molar-refractivity contribution in [2.75, 3.05) is 25.1 Å². The molecule has 4 aromatic rings. The molecule has 0 atom stereocenters. The van der Waals surface area contributed by atoms with E-state index in [2.05, 4.69) is 10.6 Å². The smallest absolute Gasteiger partial charge is 0.339 e. The second-order valence-electron chi connectivity index (χ2n) is 10.6. The number of hydrogen-bond acceptors (Lipinski definition) is 6. The van der Waals surface area contributed by atoms with Gasteiger partial charge in [-0.2, -0.15) is 0 Å². The van der Waals surface area contributed by atoms with Gasteiger partial charge >= 0.3 is 5.97 Å². The second kappa shape index (κ2) is 14.3. The number of amidine groups is 1. The number of amides is 2. The molecule has 5 rings (SSSR count). The standard InChI is InChI=1S/C35H34N4O5/c36-32(37)25-10-13-27(14-11-25)39-34(41)30-9-5-4-8-28(30)29-15-12-26(33(40)38-21-23-16-18-43-19-17-23)20-31(29)35(42)44-22-24-6-2-1-3-7-24/h1-15,20,23H,16-19,21-22H2,(H3,36,37)(H,38,40)(H,39,41). The molecule has 2 amide bonds. The topological polar surface area (TPSA) is 144 Å². The maximum Gasteiger partial charge on any atom is 0.339 e. The van der Waals surface area contributed by atoms with E-state index in [1.54, 1.807) is 60.7 Å². The van der Waals surface area contributed by atoms with Gasteiger partial charge in [0.2, 0.25) is 0 Å². The highest BCUT2D eigenvalue weighted by Gasteiger charge is 2.22. The van der Waals surface area contributed by atoms with Crippen LogP contribution in [0.25, 0.3) is 11.1 Å². The lowest BCUT2D eigenvalue weighted by molar-refractivity contribution is 0.0473. The van der Waals surface area contributed by atoms with E-state index in [0.29, 0.717) is 59.2 Å². The highest BCUT2D eigenvalue weighted by atomic mass is 16.5. The molecule has 9 nitrogen and oxygen atoms in total. The van der Waals surface area contributed by atoms with Crippen molar-refractivity contribution in [2.45, 2.75) is 19.4 Å². The van der Waals surface area contributed by atoms with Crippen molar-refractivity contribution in [3.05, 3.63) is 125 Å². The molecule has 44 heavy (non-hydrogen) atoms. The van der Waals surface area contributed by atoms with Gasteiger partial charge < -0.3 is 25.8 Å². The molecule has 0 bridgehead atoms. The van der Waals surface area contributed by atoms with Gasteiger partial charge in [0, 0.05) is 42.1 Å². The molecule has 1 aliphatic rings. The normalized spacial score (nSPS) is 13.1. The van der Waals surface area contributed by atoms with Crippen LogP contribution in [-0.4, -0.2) is 43.4 Å². The van der Waals surface area contributed by atoms with Crippen molar-refractivity contribution < 1.29 is 23.9 Å². The highest BCUT2D eigenvalue weighted by molar-refractivity contribution is 6.11. The quantitative estimate of drug-likeness (QED) is 0.111. The number of anilines is 1. The minimum Gasteiger partial charge on any atom is -0.457 e. The Morgan fingerprint density at radius 1 is 0.795 bits per heavy atom. The van der Waals surface area contributed by atoms with Crippen molar-refractivity contribution in [1.82, 2.24) is 5.32 Å². The molecule has 5 N–H and O–H groups in total. The molecule has 0 aromatic heterocycles. The van der Waals surface area contributed by atoms with Crippen LogP contribution in [0.4, 0.5) is 5.69 Å². The van der Waals surface area contributed by atoms with Gasteiger partial charge in [0.15, 0.2) is 0 Å². The first-order valence-electron chi connectivity index (χ1n) is 14.5. The Hall–Kier alpha value is -5.28. The highest BCUT2D eigenvalue weighted by Crippen LogP contribution is 2.30. The maximum atomic E-state index is 13.6. The molecular weight excluding hydrogens is 556 g/mol. The summed E-state index contributed by atoms with van der Waals surface area (Å²) in [6.45, 7) is 1.94. The van der Waals surface area contributed by atoms with E-state index in [-0.39, 0.29) is 23.9 Å². The zero-order chi connectivity index (χ0) is 30.9. The number of carbonyl (C=O) groups excluding carboxylic acids is 3. The molecule has 0 radical (unpaired) electrons. The Kier molecular flexibility index (Phi) is 9.78. The van der Waals surface area contributed by atoms with E-state index in [0.717, 1.165) is 18.4 Å². The molecule has 1 saturated heterocycles. The minimum atomic E-state index is -0.613. The average Bonchev–Trinajstić information content (AvgIpc) is 3.07. The van der Waals surface area contributed by atoms with Crippen LogP contribution in [0, 0.1) is 11.3 Å². The lowest BCUT2D eigenvalue weighted by Crippen LogP contribution is -2.32. The minimum absolute atomic E-state index is 0.0533. The van der Waals surface area contributed by atoms with Gasteiger partial charge in [0.05, 0.1) is 5.56 Å². The number of esters is 1. The third kappa shape index (κ3) is 7.56. The number of carbonyl (C=O) groups is 3. The first kappa shape index (κ1) is 30.2. The predicted octanol–water partition coefficient (Wildman–Crippen LogP) is 5.40. The summed E-state index contributed by atoms with van der Waals surface area (Å²) in [6, 6.07) is 27.7. The summed E-state index contributed by atoms with van der Waals surface area (Å²) >= 11 is 0. The summed E-state index contributed by atoms with van der Waals surface area (Å²) in [5, 5.41) is 13.4. The fourth-order valence-electron chi connectivity index (χ4n) is 5.03. The Labute approximate surface area is 255 Å². The number of ether oxygens (including phenoxy) is 2. The van der Waals surface area contributed by atoms with E-state index < -0.39 is 11.9 Å². The Morgan fingerprint density at radius 2 is 1.45 bits per heavy atom. The fourth-order valence-corrected chi connectivity index (χ4v) is 5.03. The molecule has 224 valence electrons. The largest absolute Gasteiger partial charge is 0.457 e. The first-order chi connectivity index (χ1) is 21.4. The molecule has 1 aliphatic heterocycles. The number of rotatable bonds is 10. The lowest BCUT2D eigenvalue weighted by Gasteiger charge is -2.22. The van der Waals surface area contributed by atoms with Crippen molar-refractivity contribution in [3.8, 4) is 11.1 Å². The predicted molar refractivity (Wildman–Crippen MR) is 169 cm³/mol. The van der Waals surface area contributed by atoms with Crippen molar-refractivity contribution >= 4 is 29.3 Å². The van der Waals surface area contributed by atoms with Gasteiger partial charge in [-0.1, -0.05) is 54.6 Å². The van der Waals surface area contributed by atoms with Crippen LogP contribution in [0.2, 0.25) is 0 Å². The maximum absolute atomic E-state index is 13.6. The third-order valence-corrected chi connectivity index (χ3v) is 7.52. The van der Waals surface area contributed by atoms with Crippen LogP contribution in [0.5, 0.6) is 0 Å². The van der Waals surface area contributed by atoms with Crippen LogP contribution in [0.1, 0.15) is 55.0 Å². The average molecular weight is 591 g/mol. The van der Waals surface area contributed by atoms with Crippen molar-refractivity contribution in [3.63, 3.8) is 0 Å². The first-order valence-corrected chi connectivity index (χ1v) is 14.5. The molecule has 9 heteroatoms. The van der Waals surface area contributed by atoms with Crippen LogP contribution in [0.3, 0.4) is 0 Å². The van der Waals surface area contributed by atoms with E-state index in [1.807, 2.05) is 30.3 Å². The second-order valence-corrected chi connectivity index (χ2v) is 10.6. The fraction of sp³-hybridized carbons (Fsp3) is 0.200. The number of nitrogens with one attached hydrogen (secondary N) is 3. The summed E-state index contributed by atoms with van der Waals surface area (Å²) < 4.78 is 11.1. The molecule has 0 unspecified atom stereocenters. The van der Waals surface area contributed by atoms with Gasteiger partial charge in [0.25, 0.3) is 11.8 Å². The van der Waals surface area contributed by atoms with Gasteiger partial charge in [-0.25, -0.2) is 4.79 Å². The summed E-state index contributed by atoms with van der Waals surface area (Å²) in [7, 11) is 0. The summed E-state index contributed by atoms with van der Waals surface area (Å²) in [4.78, 5) is 40.2. The third-order valence-electron chi connectivity index (χ3n) is 7.52. The monoisotopic (exact) mass is 590 g/mol. The van der Waals surface area contributed by atoms with Gasteiger partial charge in [-0.3, -0.25) is 15.0 Å². The van der Waals surface area contributed by atoms with E-state index in [9.17, 15) is 14.4 Å². The number of benzene rings is 4. The molecule has 1 heterocycles. The molecule has 0 saturated carbocycles. The van der Waals surface area contributed by atoms with Gasteiger partial charge in [-0.05, 0) is 77.9 Å². The molecule has 1 fully saturated rings. The molecule has 4 aromatic carbocycles. The van der Waals surface area contributed by atoms with Crippen LogP contribution >= 0.6 is 0 Å². The Morgan fingerprint density at radius 3 is 2.18 bits per heavy atom. The number of hydrogen-bond donors (Lipinski definition) is 4. The Bertz CT molecular complexity index is 1650. The number of nitrogens with two attached hydrogens (primary N) is 1. The van der Waals surface area contributed by atoms with Crippen LogP contribution in [-0.2, 0) is 16.1 Å².